The second-order valence-corrected chi connectivity index (χ2v) is 8.02. The van der Waals surface area contributed by atoms with Gasteiger partial charge in [0.1, 0.15) is 0 Å². The van der Waals surface area contributed by atoms with E-state index in [0.29, 0.717) is 6.10 Å². The summed E-state index contributed by atoms with van der Waals surface area (Å²) in [5.41, 5.74) is 0. The minimum absolute atomic E-state index is 0. The number of halogens is 1. The Bertz CT molecular complexity index is 254. The summed E-state index contributed by atoms with van der Waals surface area (Å²) in [5.74, 6) is 0. The Balaban J connectivity index is 0.00000484. The number of rotatable bonds is 16. The lowest BCUT2D eigenvalue weighted by molar-refractivity contribution is -0.890. The van der Waals surface area contributed by atoms with Gasteiger partial charge in [-0.2, -0.15) is 0 Å². The fraction of sp³-hybridized carbons (Fsp3) is 1.00. The molecule has 0 aromatic rings. The maximum Gasteiger partial charge on any atom is 0.0863 e. The molecule has 1 atom stereocenters. The molecule has 0 amide bonds. The van der Waals surface area contributed by atoms with E-state index in [-0.39, 0.29) is 12.4 Å². The fourth-order valence-electron chi connectivity index (χ4n) is 3.22. The quantitative estimate of drug-likeness (QED) is 0.237. The van der Waals surface area contributed by atoms with Gasteiger partial charge in [-0.15, -0.1) is 0 Å². The first-order valence-corrected chi connectivity index (χ1v) is 10.1. The molecule has 2 nitrogen and oxygen atoms in total. The van der Waals surface area contributed by atoms with Gasteiger partial charge in [-0.3, -0.25) is 0 Å². The van der Waals surface area contributed by atoms with Crippen molar-refractivity contribution < 1.29 is 21.6 Å². The molecule has 0 saturated carbocycles. The molecule has 0 aromatic carbocycles. The molecule has 1 rings (SSSR count). The number of quaternary nitrogens is 1. The standard InChI is InChI=1S/C20H42NO.ClH/c1-4-5-6-7-8-9-10-11-12-13-14-15-17-21(2,3)18-16-20-19-22-20;/h20H,4-19H2,1-3H3;1H/q+1;/p-1. The molecule has 0 spiro atoms. The Morgan fingerprint density at radius 3 is 1.61 bits per heavy atom. The van der Waals surface area contributed by atoms with E-state index in [9.17, 15) is 0 Å². The van der Waals surface area contributed by atoms with Crippen LogP contribution in [0.2, 0.25) is 0 Å². The van der Waals surface area contributed by atoms with Crippen molar-refractivity contribution in [1.29, 1.82) is 0 Å². The summed E-state index contributed by atoms with van der Waals surface area (Å²) in [4.78, 5) is 0. The van der Waals surface area contributed by atoms with Gasteiger partial charge < -0.3 is 21.6 Å². The normalized spacial score (nSPS) is 17.1. The number of hydrogen-bond acceptors (Lipinski definition) is 1. The number of epoxide rings is 1. The van der Waals surface area contributed by atoms with Crippen LogP contribution in [0, 0.1) is 0 Å². The third-order valence-electron chi connectivity index (χ3n) is 5.08. The van der Waals surface area contributed by atoms with Crippen LogP contribution in [0.1, 0.15) is 90.4 Å². The minimum atomic E-state index is 0. The molecule has 0 radical (unpaired) electrons. The fourth-order valence-corrected chi connectivity index (χ4v) is 3.22. The zero-order valence-corrected chi connectivity index (χ0v) is 16.9. The van der Waals surface area contributed by atoms with Crippen LogP contribution in [0.15, 0.2) is 0 Å². The van der Waals surface area contributed by atoms with Gasteiger partial charge in [-0.1, -0.05) is 71.1 Å². The van der Waals surface area contributed by atoms with Gasteiger partial charge in [0.2, 0.25) is 0 Å². The maximum absolute atomic E-state index is 5.31. The monoisotopic (exact) mass is 347 g/mol. The van der Waals surface area contributed by atoms with Gasteiger partial charge >= 0.3 is 0 Å². The van der Waals surface area contributed by atoms with E-state index < -0.39 is 0 Å². The predicted molar refractivity (Wildman–Crippen MR) is 97.3 cm³/mol. The van der Waals surface area contributed by atoms with Crippen molar-refractivity contribution in [1.82, 2.24) is 0 Å². The van der Waals surface area contributed by atoms with Crippen molar-refractivity contribution in [2.45, 2.75) is 96.5 Å². The van der Waals surface area contributed by atoms with Gasteiger partial charge in [0, 0.05) is 6.42 Å². The predicted octanol–water partition coefficient (Wildman–Crippen LogP) is 2.56. The van der Waals surface area contributed by atoms with E-state index in [1.807, 2.05) is 0 Å². The van der Waals surface area contributed by atoms with E-state index in [1.165, 1.54) is 101 Å². The average molecular weight is 348 g/mol. The van der Waals surface area contributed by atoms with Crippen molar-refractivity contribution in [2.24, 2.45) is 0 Å². The van der Waals surface area contributed by atoms with E-state index in [1.54, 1.807) is 0 Å². The Morgan fingerprint density at radius 2 is 1.17 bits per heavy atom. The highest BCUT2D eigenvalue weighted by Gasteiger charge is 2.26. The average Bonchev–Trinajstić information content (AvgIpc) is 3.31. The van der Waals surface area contributed by atoms with Crippen molar-refractivity contribution in [2.75, 3.05) is 33.8 Å². The lowest BCUT2D eigenvalue weighted by Crippen LogP contribution is -3.00. The third-order valence-corrected chi connectivity index (χ3v) is 5.08. The summed E-state index contributed by atoms with van der Waals surface area (Å²) in [6.07, 6.45) is 19.2. The SMILES string of the molecule is CCCCCCCCCCCCCC[N+](C)(C)CCC1CO1.[Cl-]. The summed E-state index contributed by atoms with van der Waals surface area (Å²) >= 11 is 0. The smallest absolute Gasteiger partial charge is 0.0863 e. The highest BCUT2D eigenvalue weighted by Crippen LogP contribution is 2.16. The Labute approximate surface area is 152 Å². The summed E-state index contributed by atoms with van der Waals surface area (Å²) in [6.45, 7) is 5.92. The number of ether oxygens (including phenoxy) is 1. The molecule has 1 aliphatic heterocycles. The molecule has 1 aliphatic rings. The van der Waals surface area contributed by atoms with Crippen LogP contribution >= 0.6 is 0 Å². The van der Waals surface area contributed by atoms with Gasteiger partial charge in [-0.05, 0) is 12.8 Å². The Hall–Kier alpha value is 0.210. The molecule has 140 valence electrons. The lowest BCUT2D eigenvalue weighted by atomic mass is 10.1. The van der Waals surface area contributed by atoms with Crippen molar-refractivity contribution in [3.63, 3.8) is 0 Å². The van der Waals surface area contributed by atoms with Crippen LogP contribution in [0.5, 0.6) is 0 Å². The molecule has 1 unspecified atom stereocenters. The number of hydrogen-bond donors (Lipinski definition) is 0. The Morgan fingerprint density at radius 1 is 0.739 bits per heavy atom. The molecular formula is C20H42ClNO. The molecule has 1 heterocycles. The number of unbranched alkanes of at least 4 members (excludes halogenated alkanes) is 11. The third kappa shape index (κ3) is 15.5. The lowest BCUT2D eigenvalue weighted by Gasteiger charge is -2.29. The van der Waals surface area contributed by atoms with Crippen molar-refractivity contribution >= 4 is 0 Å². The highest BCUT2D eigenvalue weighted by molar-refractivity contribution is 4.67. The van der Waals surface area contributed by atoms with Crippen LogP contribution in [0.4, 0.5) is 0 Å². The molecule has 0 N–H and O–H groups in total. The topological polar surface area (TPSA) is 12.5 Å². The molecule has 3 heteroatoms. The van der Waals surface area contributed by atoms with Crippen LogP contribution in [-0.4, -0.2) is 44.4 Å². The van der Waals surface area contributed by atoms with Gasteiger partial charge in [0.05, 0.1) is 39.9 Å². The first kappa shape index (κ1) is 23.2. The molecule has 1 fully saturated rings. The summed E-state index contributed by atoms with van der Waals surface area (Å²) in [7, 11) is 4.75. The van der Waals surface area contributed by atoms with Crippen LogP contribution in [-0.2, 0) is 4.74 Å². The van der Waals surface area contributed by atoms with Crippen LogP contribution in [0.25, 0.3) is 0 Å². The summed E-state index contributed by atoms with van der Waals surface area (Å²) < 4.78 is 6.49. The molecule has 1 saturated heterocycles. The zero-order chi connectivity index (χ0) is 16.1. The summed E-state index contributed by atoms with van der Waals surface area (Å²) in [6, 6.07) is 0. The summed E-state index contributed by atoms with van der Waals surface area (Å²) in [5, 5.41) is 0. The van der Waals surface area contributed by atoms with Crippen molar-refractivity contribution in [3.8, 4) is 0 Å². The molecule has 23 heavy (non-hydrogen) atoms. The van der Waals surface area contributed by atoms with E-state index in [0.717, 1.165) is 6.61 Å². The van der Waals surface area contributed by atoms with Crippen LogP contribution < -0.4 is 12.4 Å². The van der Waals surface area contributed by atoms with E-state index >= 15 is 0 Å². The second-order valence-electron chi connectivity index (χ2n) is 8.02. The maximum atomic E-state index is 5.31. The molecular weight excluding hydrogens is 306 g/mol. The van der Waals surface area contributed by atoms with Gasteiger partial charge in [-0.25, -0.2) is 0 Å². The van der Waals surface area contributed by atoms with E-state index in [2.05, 4.69) is 21.0 Å². The molecule has 0 aliphatic carbocycles. The minimum Gasteiger partial charge on any atom is -1.00 e. The zero-order valence-electron chi connectivity index (χ0n) is 16.1. The highest BCUT2D eigenvalue weighted by atomic mass is 35.5. The Kier molecular flexibility index (Phi) is 14.7. The molecule has 0 bridgehead atoms. The molecule has 0 aromatic heterocycles. The first-order valence-electron chi connectivity index (χ1n) is 10.1. The second kappa shape index (κ2) is 14.5. The van der Waals surface area contributed by atoms with Gasteiger partial charge in [0.15, 0.2) is 0 Å². The van der Waals surface area contributed by atoms with E-state index in [4.69, 9.17) is 4.74 Å². The van der Waals surface area contributed by atoms with Crippen LogP contribution in [0.3, 0.4) is 0 Å². The van der Waals surface area contributed by atoms with Gasteiger partial charge in [0.25, 0.3) is 0 Å². The van der Waals surface area contributed by atoms with Crippen molar-refractivity contribution in [3.05, 3.63) is 0 Å². The number of nitrogens with zero attached hydrogens (tertiary/aromatic N) is 1. The first-order chi connectivity index (χ1) is 10.6. The largest absolute Gasteiger partial charge is 1.00 e.